The summed E-state index contributed by atoms with van der Waals surface area (Å²) in [5, 5.41) is 10.3. The molecule has 0 bridgehead atoms. The summed E-state index contributed by atoms with van der Waals surface area (Å²) in [6, 6.07) is 0. The normalized spacial score (nSPS) is 46.5. The zero-order valence-electron chi connectivity index (χ0n) is 25.5. The van der Waals surface area contributed by atoms with Crippen LogP contribution in [0.3, 0.4) is 0 Å². The van der Waals surface area contributed by atoms with E-state index in [0.717, 1.165) is 44.8 Å². The fraction of sp³-hybridized carbons (Fsp3) is 0.882. The molecule has 1 N–H and O–H groups in total. The molecular formula is C34H54O4. The predicted octanol–water partition coefficient (Wildman–Crippen LogP) is 7.53. The van der Waals surface area contributed by atoms with Crippen LogP contribution in [0.25, 0.3) is 0 Å². The molecule has 38 heavy (non-hydrogen) atoms. The van der Waals surface area contributed by atoms with Crippen molar-refractivity contribution in [1.29, 1.82) is 0 Å². The van der Waals surface area contributed by atoms with E-state index in [1.165, 1.54) is 25.7 Å². The van der Waals surface area contributed by atoms with Crippen LogP contribution in [0.2, 0.25) is 0 Å². The highest BCUT2D eigenvalue weighted by Crippen LogP contribution is 2.77. The molecule has 0 amide bonds. The average molecular weight is 527 g/mol. The largest absolute Gasteiger partial charge is 0.462 e. The van der Waals surface area contributed by atoms with Gasteiger partial charge in [0.1, 0.15) is 12.4 Å². The monoisotopic (exact) mass is 526 g/mol. The molecule has 214 valence electrons. The lowest BCUT2D eigenvalue weighted by molar-refractivity contribution is -0.233. The SMILES string of the molecule is CC(=O)OC1CC[C@]2(C)[C@H]3CCC4C5=C(C(C)C)CC[C@]5(C(C=O)CO)CC[C@@]4(C)[C@]3(C)CC[C@H]2C1(C)C. The molecule has 5 aliphatic carbocycles. The Morgan fingerprint density at radius 3 is 2.26 bits per heavy atom. The number of hydrogen-bond donors (Lipinski definition) is 1. The van der Waals surface area contributed by atoms with Crippen molar-refractivity contribution in [3.8, 4) is 0 Å². The van der Waals surface area contributed by atoms with Crippen molar-refractivity contribution in [2.24, 2.45) is 56.7 Å². The number of hydrogen-bond acceptors (Lipinski definition) is 4. The molecule has 0 heterocycles. The molecule has 0 spiro atoms. The molecule has 0 aromatic rings. The van der Waals surface area contributed by atoms with Gasteiger partial charge in [-0.3, -0.25) is 4.79 Å². The van der Waals surface area contributed by atoms with Gasteiger partial charge in [0, 0.05) is 23.7 Å². The maximum atomic E-state index is 12.3. The number of aliphatic hydroxyl groups is 1. The first-order valence-electron chi connectivity index (χ1n) is 15.7. The highest BCUT2D eigenvalue weighted by molar-refractivity contribution is 5.66. The summed E-state index contributed by atoms with van der Waals surface area (Å²) in [6.45, 7) is 18.8. The molecule has 3 unspecified atom stereocenters. The molecule has 4 fully saturated rings. The van der Waals surface area contributed by atoms with Crippen LogP contribution in [0.15, 0.2) is 11.1 Å². The molecule has 4 heteroatoms. The lowest BCUT2D eigenvalue weighted by atomic mass is 9.32. The number of ether oxygens (including phenoxy) is 1. The zero-order chi connectivity index (χ0) is 27.9. The number of fused-ring (bicyclic) bond motifs is 7. The number of aldehydes is 1. The Kier molecular flexibility index (Phi) is 6.85. The van der Waals surface area contributed by atoms with Crippen molar-refractivity contribution < 1.29 is 19.4 Å². The van der Waals surface area contributed by atoms with E-state index in [-0.39, 0.29) is 51.7 Å². The van der Waals surface area contributed by atoms with Crippen LogP contribution in [0.5, 0.6) is 0 Å². The molecule has 5 rings (SSSR count). The second-order valence-corrected chi connectivity index (χ2v) is 15.7. The minimum Gasteiger partial charge on any atom is -0.462 e. The summed E-state index contributed by atoms with van der Waals surface area (Å²) in [6.07, 6.45) is 12.4. The molecule has 0 saturated heterocycles. The second kappa shape index (κ2) is 9.18. The Bertz CT molecular complexity index is 1010. The van der Waals surface area contributed by atoms with Gasteiger partial charge in [-0.15, -0.1) is 0 Å². The zero-order valence-corrected chi connectivity index (χ0v) is 25.5. The predicted molar refractivity (Wildman–Crippen MR) is 151 cm³/mol. The van der Waals surface area contributed by atoms with E-state index in [9.17, 15) is 14.7 Å². The first kappa shape index (κ1) is 28.4. The summed E-state index contributed by atoms with van der Waals surface area (Å²) in [5.41, 5.74) is 3.75. The van der Waals surface area contributed by atoms with Gasteiger partial charge in [0.25, 0.3) is 0 Å². The summed E-state index contributed by atoms with van der Waals surface area (Å²) in [5.74, 6) is 1.81. The Labute approximate surface area is 231 Å². The Hall–Kier alpha value is -1.16. The number of allylic oxidation sites excluding steroid dienone is 2. The molecule has 0 aromatic carbocycles. The summed E-state index contributed by atoms with van der Waals surface area (Å²) in [7, 11) is 0. The first-order valence-corrected chi connectivity index (χ1v) is 15.7. The summed E-state index contributed by atoms with van der Waals surface area (Å²) < 4.78 is 5.91. The Morgan fingerprint density at radius 1 is 0.947 bits per heavy atom. The van der Waals surface area contributed by atoms with Crippen LogP contribution in [0, 0.1) is 56.7 Å². The van der Waals surface area contributed by atoms with E-state index >= 15 is 0 Å². The molecule has 4 nitrogen and oxygen atoms in total. The van der Waals surface area contributed by atoms with Gasteiger partial charge in [-0.2, -0.15) is 0 Å². The van der Waals surface area contributed by atoms with Gasteiger partial charge >= 0.3 is 5.97 Å². The lowest BCUT2D eigenvalue weighted by Gasteiger charge is -2.72. The van der Waals surface area contributed by atoms with Crippen molar-refractivity contribution >= 4 is 12.3 Å². The molecule has 0 radical (unpaired) electrons. The van der Waals surface area contributed by atoms with Crippen LogP contribution < -0.4 is 0 Å². The maximum absolute atomic E-state index is 12.3. The highest BCUT2D eigenvalue weighted by atomic mass is 16.5. The van der Waals surface area contributed by atoms with Crippen LogP contribution in [0.1, 0.15) is 120 Å². The van der Waals surface area contributed by atoms with E-state index < -0.39 is 0 Å². The quantitative estimate of drug-likeness (QED) is 0.228. The van der Waals surface area contributed by atoms with Gasteiger partial charge < -0.3 is 14.6 Å². The fourth-order valence-corrected chi connectivity index (χ4v) is 12.0. The van der Waals surface area contributed by atoms with E-state index in [4.69, 9.17) is 4.74 Å². The van der Waals surface area contributed by atoms with Crippen LogP contribution >= 0.6 is 0 Å². The maximum Gasteiger partial charge on any atom is 0.302 e. The van der Waals surface area contributed by atoms with E-state index in [2.05, 4.69) is 48.5 Å². The second-order valence-electron chi connectivity index (χ2n) is 15.7. The van der Waals surface area contributed by atoms with Crippen molar-refractivity contribution in [2.75, 3.05) is 6.61 Å². The standard InChI is InChI=1S/C34H54O4/c1-21(2)24-11-16-34(23(19-35)20-36)18-17-32(7)25(29(24)34)9-10-27-31(6)14-13-28(38-22(3)37)30(4,5)26(31)12-15-33(27,32)8/h19,21,23,25-28,36H,9-18,20H2,1-8H3/t23?,25?,26-,27+,28?,31-,32+,33+,34+/m0/s1. The molecule has 0 aromatic heterocycles. The minimum absolute atomic E-state index is 0.0145. The third-order valence-electron chi connectivity index (χ3n) is 14.0. The van der Waals surface area contributed by atoms with Crippen LogP contribution in [0.4, 0.5) is 0 Å². The summed E-state index contributed by atoms with van der Waals surface area (Å²) in [4.78, 5) is 24.3. The lowest BCUT2D eigenvalue weighted by Crippen LogP contribution is -2.66. The topological polar surface area (TPSA) is 63.6 Å². The van der Waals surface area contributed by atoms with Gasteiger partial charge in [0.15, 0.2) is 0 Å². The smallest absolute Gasteiger partial charge is 0.302 e. The molecule has 4 saturated carbocycles. The molecular weight excluding hydrogens is 472 g/mol. The average Bonchev–Trinajstić information content (AvgIpc) is 3.23. The third-order valence-corrected chi connectivity index (χ3v) is 14.0. The Morgan fingerprint density at radius 2 is 1.66 bits per heavy atom. The van der Waals surface area contributed by atoms with Gasteiger partial charge in [0.05, 0.1) is 6.61 Å². The molecule has 5 aliphatic rings. The Balaban J connectivity index is 1.55. The highest BCUT2D eigenvalue weighted by Gasteiger charge is 2.70. The first-order chi connectivity index (χ1) is 17.7. The fourth-order valence-electron chi connectivity index (χ4n) is 12.0. The van der Waals surface area contributed by atoms with Gasteiger partial charge in [0.2, 0.25) is 0 Å². The number of carbonyl (C=O) groups is 2. The number of aliphatic hydroxyl groups excluding tert-OH is 1. The molecule has 9 atom stereocenters. The van der Waals surface area contributed by atoms with E-state index in [0.29, 0.717) is 23.7 Å². The van der Waals surface area contributed by atoms with Gasteiger partial charge in [-0.1, -0.05) is 59.6 Å². The van der Waals surface area contributed by atoms with Crippen LogP contribution in [-0.4, -0.2) is 30.1 Å². The summed E-state index contributed by atoms with van der Waals surface area (Å²) >= 11 is 0. The number of esters is 1. The van der Waals surface area contributed by atoms with E-state index in [1.807, 2.05) is 0 Å². The van der Waals surface area contributed by atoms with Gasteiger partial charge in [-0.05, 0) is 104 Å². The van der Waals surface area contributed by atoms with Crippen molar-refractivity contribution in [1.82, 2.24) is 0 Å². The van der Waals surface area contributed by atoms with Gasteiger partial charge in [-0.25, -0.2) is 0 Å². The minimum atomic E-state index is -0.269. The van der Waals surface area contributed by atoms with Crippen molar-refractivity contribution in [3.63, 3.8) is 0 Å². The molecule has 0 aliphatic heterocycles. The van der Waals surface area contributed by atoms with Crippen molar-refractivity contribution in [2.45, 2.75) is 126 Å². The number of carbonyl (C=O) groups excluding carboxylic acids is 2. The number of rotatable bonds is 5. The third kappa shape index (κ3) is 3.56. The van der Waals surface area contributed by atoms with Crippen LogP contribution in [-0.2, 0) is 14.3 Å². The van der Waals surface area contributed by atoms with E-state index in [1.54, 1.807) is 18.1 Å². The van der Waals surface area contributed by atoms with Crippen molar-refractivity contribution in [3.05, 3.63) is 11.1 Å².